The molecule has 35 heavy (non-hydrogen) atoms. The van der Waals surface area contributed by atoms with Crippen molar-refractivity contribution in [1.29, 1.82) is 0 Å². The van der Waals surface area contributed by atoms with E-state index in [2.05, 4.69) is 15.2 Å². The highest BCUT2D eigenvalue weighted by molar-refractivity contribution is 6.12. The van der Waals surface area contributed by atoms with Crippen molar-refractivity contribution in [2.75, 3.05) is 14.2 Å². The molecular formula is C21H17F3N4O7. The van der Waals surface area contributed by atoms with Gasteiger partial charge in [0, 0.05) is 33.4 Å². The van der Waals surface area contributed by atoms with Crippen molar-refractivity contribution < 1.29 is 42.6 Å². The molecule has 4 aromatic rings. The largest absolute Gasteiger partial charge is 0.502 e. The van der Waals surface area contributed by atoms with Crippen LogP contribution < -0.4 is 9.47 Å². The zero-order valence-electron chi connectivity index (χ0n) is 18.3. The summed E-state index contributed by atoms with van der Waals surface area (Å²) in [6, 6.07) is 5.95. The van der Waals surface area contributed by atoms with Gasteiger partial charge in [-0.1, -0.05) is 0 Å². The number of H-pyrrole nitrogens is 1. The molecule has 0 bridgehead atoms. The number of aliphatic carboxylic acids is 1. The number of carboxylic acids is 1. The van der Waals surface area contributed by atoms with E-state index in [1.807, 2.05) is 6.92 Å². The summed E-state index contributed by atoms with van der Waals surface area (Å²) < 4.78 is 42.7. The van der Waals surface area contributed by atoms with E-state index in [1.54, 1.807) is 25.4 Å². The molecule has 2 heterocycles. The molecule has 0 spiro atoms. The molecule has 0 unspecified atom stereocenters. The summed E-state index contributed by atoms with van der Waals surface area (Å²) in [6.07, 6.45) is -3.41. The number of ether oxygens (including phenoxy) is 2. The highest BCUT2D eigenvalue weighted by atomic mass is 19.4. The number of alkyl halides is 3. The van der Waals surface area contributed by atoms with E-state index in [4.69, 9.17) is 19.4 Å². The minimum absolute atomic E-state index is 0.394. The molecule has 0 atom stereocenters. The van der Waals surface area contributed by atoms with Crippen molar-refractivity contribution in [2.45, 2.75) is 13.1 Å². The van der Waals surface area contributed by atoms with Crippen LogP contribution in [0.5, 0.6) is 17.2 Å². The lowest BCUT2D eigenvalue weighted by Crippen LogP contribution is -2.21. The van der Waals surface area contributed by atoms with Crippen LogP contribution in [0.2, 0.25) is 0 Å². The van der Waals surface area contributed by atoms with E-state index in [0.717, 1.165) is 21.7 Å². The number of halogens is 3. The fourth-order valence-corrected chi connectivity index (χ4v) is 3.46. The summed E-state index contributed by atoms with van der Waals surface area (Å²) in [5, 5.41) is 37.5. The second-order valence-electron chi connectivity index (χ2n) is 7.02. The third-order valence-electron chi connectivity index (χ3n) is 4.96. The lowest BCUT2D eigenvalue weighted by Gasteiger charge is -2.16. The highest BCUT2D eigenvalue weighted by Gasteiger charge is 2.38. The number of aromatic nitrogens is 3. The number of hydrogen-bond donors (Lipinski definition) is 3. The number of fused-ring (bicyclic) bond motifs is 3. The fourth-order valence-electron chi connectivity index (χ4n) is 3.46. The average Bonchev–Trinajstić information content (AvgIpc) is 3.26. The molecule has 0 amide bonds. The molecule has 4 rings (SSSR count). The van der Waals surface area contributed by atoms with Gasteiger partial charge in [-0.2, -0.15) is 18.3 Å². The number of phenols is 1. The first-order valence-electron chi connectivity index (χ1n) is 9.56. The predicted molar refractivity (Wildman–Crippen MR) is 117 cm³/mol. The van der Waals surface area contributed by atoms with Crippen LogP contribution in [0.1, 0.15) is 5.56 Å². The number of hydrogen-bond acceptors (Lipinski definition) is 8. The normalized spacial score (nSPS) is 11.1. The fraction of sp³-hybridized carbons (Fsp3) is 0.190. The number of carboxylic acid groups (broad SMARTS) is 1. The van der Waals surface area contributed by atoms with Gasteiger partial charge < -0.3 is 19.7 Å². The number of aromatic hydroxyl groups is 1. The molecule has 0 aliphatic carbocycles. The molecule has 0 saturated carbocycles. The van der Waals surface area contributed by atoms with Crippen molar-refractivity contribution in [3.05, 3.63) is 46.1 Å². The topological polar surface area (TPSA) is 161 Å². The van der Waals surface area contributed by atoms with Crippen LogP contribution in [0, 0.1) is 17.0 Å². The Bertz CT molecular complexity index is 1450. The van der Waals surface area contributed by atoms with Crippen LogP contribution in [-0.4, -0.2) is 56.7 Å². The Morgan fingerprint density at radius 3 is 2.37 bits per heavy atom. The van der Waals surface area contributed by atoms with Crippen LogP contribution in [0.3, 0.4) is 0 Å². The van der Waals surface area contributed by atoms with E-state index in [-0.39, 0.29) is 0 Å². The third-order valence-corrected chi connectivity index (χ3v) is 4.96. The quantitative estimate of drug-likeness (QED) is 0.277. The molecule has 0 fully saturated rings. The molecular weight excluding hydrogens is 477 g/mol. The average molecular weight is 494 g/mol. The van der Waals surface area contributed by atoms with E-state index in [0.29, 0.717) is 28.4 Å². The van der Waals surface area contributed by atoms with Crippen LogP contribution in [0.15, 0.2) is 30.5 Å². The number of aryl methyl sites for hydroxylation is 1. The van der Waals surface area contributed by atoms with Gasteiger partial charge in [0.2, 0.25) is 0 Å². The highest BCUT2D eigenvalue weighted by Crippen LogP contribution is 2.43. The molecule has 3 N–H and O–H groups in total. The van der Waals surface area contributed by atoms with E-state index < -0.39 is 28.5 Å². The van der Waals surface area contributed by atoms with Gasteiger partial charge in [0.05, 0.1) is 31.0 Å². The lowest BCUT2D eigenvalue weighted by atomic mass is 9.97. The summed E-state index contributed by atoms with van der Waals surface area (Å²) in [6.45, 7) is 1.90. The van der Waals surface area contributed by atoms with Gasteiger partial charge in [0.15, 0.2) is 22.9 Å². The number of nitrogens with one attached hydrogen (secondary N) is 1. The van der Waals surface area contributed by atoms with Crippen LogP contribution >= 0.6 is 0 Å². The summed E-state index contributed by atoms with van der Waals surface area (Å²) in [5.41, 5.74) is 1.96. The number of carbonyl (C=O) groups is 1. The number of methoxy groups -OCH3 is 2. The number of benzene rings is 2. The van der Waals surface area contributed by atoms with E-state index >= 15 is 0 Å². The number of nitro groups is 1. The molecule has 2 aromatic carbocycles. The maximum atomic E-state index is 11.3. The Labute approximate surface area is 193 Å². The zero-order valence-corrected chi connectivity index (χ0v) is 18.3. The number of rotatable bonds is 4. The Kier molecular flexibility index (Phi) is 6.66. The summed E-state index contributed by atoms with van der Waals surface area (Å²) in [4.78, 5) is 24.1. The predicted octanol–water partition coefficient (Wildman–Crippen LogP) is 4.35. The molecule has 14 heteroatoms. The zero-order chi connectivity index (χ0) is 26.1. The van der Waals surface area contributed by atoms with Crippen molar-refractivity contribution >= 4 is 33.5 Å². The minimum Gasteiger partial charge on any atom is -0.502 e. The van der Waals surface area contributed by atoms with Gasteiger partial charge in [-0.05, 0) is 25.1 Å². The maximum absolute atomic E-state index is 11.3. The van der Waals surface area contributed by atoms with Gasteiger partial charge in [0.1, 0.15) is 0 Å². The monoisotopic (exact) mass is 494 g/mol. The Hall–Kier alpha value is -4.62. The van der Waals surface area contributed by atoms with Gasteiger partial charge in [-0.25, -0.2) is 9.78 Å². The summed E-state index contributed by atoms with van der Waals surface area (Å²) in [7, 11) is 3.10. The molecule has 0 saturated heterocycles. The summed E-state index contributed by atoms with van der Waals surface area (Å²) >= 11 is 0. The number of phenolic OH excluding ortho intramolecular Hbond substituents is 1. The molecule has 0 radical (unpaired) electrons. The molecule has 2 aromatic heterocycles. The van der Waals surface area contributed by atoms with Crippen LogP contribution in [0.25, 0.3) is 33.1 Å². The number of nitrogens with zero attached hydrogens (tertiary/aromatic N) is 3. The van der Waals surface area contributed by atoms with Gasteiger partial charge in [0.25, 0.3) is 0 Å². The molecule has 11 nitrogen and oxygen atoms in total. The number of pyridine rings is 1. The first kappa shape index (κ1) is 25.0. The molecule has 0 aliphatic rings. The second-order valence-corrected chi connectivity index (χ2v) is 7.02. The summed E-state index contributed by atoms with van der Waals surface area (Å²) in [5.74, 6) is -2.05. The minimum atomic E-state index is -5.08. The van der Waals surface area contributed by atoms with Crippen molar-refractivity contribution in [2.24, 2.45) is 0 Å². The first-order valence-corrected chi connectivity index (χ1v) is 9.56. The van der Waals surface area contributed by atoms with Gasteiger partial charge in [-0.15, -0.1) is 0 Å². The molecule has 0 aliphatic heterocycles. The van der Waals surface area contributed by atoms with Crippen molar-refractivity contribution in [3.8, 4) is 28.5 Å². The Morgan fingerprint density at radius 2 is 1.83 bits per heavy atom. The first-order chi connectivity index (χ1) is 16.4. The lowest BCUT2D eigenvalue weighted by molar-refractivity contribution is -0.385. The Morgan fingerprint density at radius 1 is 1.17 bits per heavy atom. The number of nitro benzene ring substituents is 1. The van der Waals surface area contributed by atoms with Crippen molar-refractivity contribution in [1.82, 2.24) is 15.2 Å². The van der Waals surface area contributed by atoms with Crippen molar-refractivity contribution in [3.63, 3.8) is 0 Å². The molecule has 184 valence electrons. The van der Waals surface area contributed by atoms with Crippen LogP contribution in [0.4, 0.5) is 18.9 Å². The smallest absolute Gasteiger partial charge is 0.490 e. The standard InChI is InChI=1S/C19H16N4O5.C2HF3O2/c1-9-16-11(7-15(27-2)18(9)28-3)17(21-19-12(16)8-20-22-19)10-4-5-14(24)13(6-10)23(25)26;3-2(4,5)1(6)7/h4-8,24H,1-3H3,(H,20,21,22);(H,6,7). The van der Waals surface area contributed by atoms with E-state index in [9.17, 15) is 28.4 Å². The van der Waals surface area contributed by atoms with Gasteiger partial charge in [-0.3, -0.25) is 15.2 Å². The van der Waals surface area contributed by atoms with Crippen LogP contribution in [-0.2, 0) is 4.79 Å². The SMILES string of the molecule is COc1cc2c(-c3ccc(O)c([N+](=O)[O-])c3)nc3[nH]ncc3c2c(C)c1OC.O=C(O)C(F)(F)F. The number of aromatic amines is 1. The van der Waals surface area contributed by atoms with E-state index in [1.165, 1.54) is 19.2 Å². The maximum Gasteiger partial charge on any atom is 0.490 e. The third kappa shape index (κ3) is 4.71. The Balaban J connectivity index is 0.000000429. The second kappa shape index (κ2) is 9.32. The van der Waals surface area contributed by atoms with Gasteiger partial charge >= 0.3 is 17.8 Å².